The topological polar surface area (TPSA) is 76.4 Å². The van der Waals surface area contributed by atoms with Gasteiger partial charge >= 0.3 is 6.03 Å². The Morgan fingerprint density at radius 3 is 2.83 bits per heavy atom. The van der Waals surface area contributed by atoms with Crippen LogP contribution in [0.15, 0.2) is 24.3 Å². The first kappa shape index (κ1) is 12.7. The second-order valence-electron chi connectivity index (χ2n) is 4.61. The molecule has 0 spiro atoms. The Morgan fingerprint density at radius 2 is 2.22 bits per heavy atom. The van der Waals surface area contributed by atoms with Crippen LogP contribution in [0.25, 0.3) is 0 Å². The Labute approximate surface area is 107 Å². The zero-order chi connectivity index (χ0) is 13.0. The molecule has 5 heteroatoms. The summed E-state index contributed by atoms with van der Waals surface area (Å²) in [6.45, 7) is 0.693. The molecule has 1 aliphatic carbocycles. The predicted molar refractivity (Wildman–Crippen MR) is 71.7 cm³/mol. The van der Waals surface area contributed by atoms with E-state index in [2.05, 4.69) is 10.6 Å². The highest BCUT2D eigenvalue weighted by atomic mass is 16.5. The molecule has 1 atom stereocenters. The number of primary amides is 1. The van der Waals surface area contributed by atoms with Gasteiger partial charge in [0.2, 0.25) is 0 Å². The molecule has 2 amide bonds. The van der Waals surface area contributed by atoms with Gasteiger partial charge in [-0.3, -0.25) is 0 Å². The van der Waals surface area contributed by atoms with Gasteiger partial charge in [0.15, 0.2) is 0 Å². The highest BCUT2D eigenvalue weighted by molar-refractivity contribution is 5.88. The summed E-state index contributed by atoms with van der Waals surface area (Å²) in [5.74, 6) is 0.692. The fourth-order valence-electron chi connectivity index (χ4n) is 2.02. The number of rotatable bonds is 6. The number of methoxy groups -OCH3 is 1. The molecule has 0 radical (unpaired) electrons. The van der Waals surface area contributed by atoms with E-state index in [9.17, 15) is 4.79 Å². The molecule has 0 bridgehead atoms. The molecular weight excluding hydrogens is 230 g/mol. The van der Waals surface area contributed by atoms with Crippen molar-refractivity contribution >= 4 is 17.4 Å². The second-order valence-corrected chi connectivity index (χ2v) is 4.61. The summed E-state index contributed by atoms with van der Waals surface area (Å²) < 4.78 is 5.22. The van der Waals surface area contributed by atoms with E-state index in [1.165, 1.54) is 12.8 Å². The lowest BCUT2D eigenvalue weighted by Crippen LogP contribution is -2.27. The Kier molecular flexibility index (Phi) is 4.04. The van der Waals surface area contributed by atoms with Crippen LogP contribution in [0.4, 0.5) is 16.2 Å². The number of carbonyl (C=O) groups excluding carboxylic acids is 1. The van der Waals surface area contributed by atoms with Gasteiger partial charge in [0, 0.05) is 18.5 Å². The summed E-state index contributed by atoms with van der Waals surface area (Å²) in [4.78, 5) is 10.8. The van der Waals surface area contributed by atoms with Crippen LogP contribution in [0, 0.1) is 5.92 Å². The minimum atomic E-state index is -0.553. The predicted octanol–water partition coefficient (Wildman–Crippen LogP) is 2.01. The summed E-state index contributed by atoms with van der Waals surface area (Å²) in [5.41, 5.74) is 6.75. The number of nitrogens with one attached hydrogen (secondary N) is 2. The molecule has 1 aromatic carbocycles. The Morgan fingerprint density at radius 1 is 1.50 bits per heavy atom. The number of nitrogens with two attached hydrogens (primary N) is 1. The Balaban J connectivity index is 2.00. The molecule has 5 nitrogen and oxygen atoms in total. The van der Waals surface area contributed by atoms with Gasteiger partial charge in [-0.05, 0) is 37.0 Å². The van der Waals surface area contributed by atoms with E-state index in [1.54, 1.807) is 13.2 Å². The van der Waals surface area contributed by atoms with E-state index in [0.29, 0.717) is 24.3 Å². The van der Waals surface area contributed by atoms with Gasteiger partial charge in [-0.25, -0.2) is 4.79 Å². The fourth-order valence-corrected chi connectivity index (χ4v) is 2.02. The van der Waals surface area contributed by atoms with Gasteiger partial charge in [0.1, 0.15) is 0 Å². The molecule has 1 fully saturated rings. The first-order chi connectivity index (χ1) is 8.69. The lowest BCUT2D eigenvalue weighted by Gasteiger charge is -2.19. The van der Waals surface area contributed by atoms with Crippen molar-refractivity contribution in [3.05, 3.63) is 24.3 Å². The maximum Gasteiger partial charge on any atom is 0.316 e. The second kappa shape index (κ2) is 5.73. The lowest BCUT2D eigenvalue weighted by molar-refractivity contribution is 0.179. The van der Waals surface area contributed by atoms with Crippen LogP contribution >= 0.6 is 0 Å². The van der Waals surface area contributed by atoms with Crippen LogP contribution in [0.2, 0.25) is 0 Å². The van der Waals surface area contributed by atoms with Gasteiger partial charge in [0.05, 0.1) is 12.6 Å². The molecule has 2 rings (SSSR count). The van der Waals surface area contributed by atoms with Gasteiger partial charge in [-0.2, -0.15) is 0 Å². The highest BCUT2D eigenvalue weighted by Gasteiger charge is 2.31. The summed E-state index contributed by atoms with van der Waals surface area (Å²) in [5, 5.41) is 6.00. The summed E-state index contributed by atoms with van der Waals surface area (Å²) in [7, 11) is 1.71. The molecule has 18 heavy (non-hydrogen) atoms. The van der Waals surface area contributed by atoms with Gasteiger partial charge in [0.25, 0.3) is 0 Å². The molecule has 98 valence electrons. The quantitative estimate of drug-likeness (QED) is 0.721. The number of amides is 2. The largest absolute Gasteiger partial charge is 0.383 e. The third kappa shape index (κ3) is 3.63. The van der Waals surface area contributed by atoms with Crippen LogP contribution in [0.1, 0.15) is 12.8 Å². The normalized spacial score (nSPS) is 16.1. The molecule has 4 N–H and O–H groups in total. The van der Waals surface area contributed by atoms with Gasteiger partial charge in [-0.1, -0.05) is 6.07 Å². The number of carbonyl (C=O) groups is 1. The van der Waals surface area contributed by atoms with E-state index in [0.717, 1.165) is 5.69 Å². The molecule has 1 aromatic rings. The van der Waals surface area contributed by atoms with Crippen molar-refractivity contribution in [3.8, 4) is 0 Å². The number of anilines is 2. The summed E-state index contributed by atoms with van der Waals surface area (Å²) in [6.07, 6.45) is 2.50. The number of urea groups is 1. The van der Waals surface area contributed by atoms with Crippen LogP contribution < -0.4 is 16.4 Å². The average molecular weight is 249 g/mol. The van der Waals surface area contributed by atoms with Crippen LogP contribution in [-0.4, -0.2) is 25.8 Å². The lowest BCUT2D eigenvalue weighted by atomic mass is 10.2. The van der Waals surface area contributed by atoms with Crippen LogP contribution in [0.5, 0.6) is 0 Å². The Hall–Kier alpha value is -1.75. The van der Waals surface area contributed by atoms with E-state index >= 15 is 0 Å². The standard InChI is InChI=1S/C13H19N3O2/c1-18-8-12(9-5-6-9)15-10-3-2-4-11(7-10)16-13(14)17/h2-4,7,9,12,15H,5-6,8H2,1H3,(H3,14,16,17). The Bertz CT molecular complexity index is 418. The van der Waals surface area contributed by atoms with Crippen molar-refractivity contribution < 1.29 is 9.53 Å². The molecule has 0 saturated heterocycles. The molecule has 1 aliphatic rings. The SMILES string of the molecule is COCC(Nc1cccc(NC(N)=O)c1)C1CC1. The van der Waals surface area contributed by atoms with Crippen LogP contribution in [-0.2, 0) is 4.74 Å². The molecule has 1 saturated carbocycles. The molecular formula is C13H19N3O2. The fraction of sp³-hybridized carbons (Fsp3) is 0.462. The van der Waals surface area contributed by atoms with E-state index in [1.807, 2.05) is 18.2 Å². The molecule has 1 unspecified atom stereocenters. The minimum Gasteiger partial charge on any atom is -0.383 e. The highest BCUT2D eigenvalue weighted by Crippen LogP contribution is 2.34. The number of ether oxygens (including phenoxy) is 1. The maximum absolute atomic E-state index is 10.8. The zero-order valence-corrected chi connectivity index (χ0v) is 10.5. The first-order valence-corrected chi connectivity index (χ1v) is 6.11. The van der Waals surface area contributed by atoms with Crippen molar-refractivity contribution in [2.24, 2.45) is 11.7 Å². The van der Waals surface area contributed by atoms with E-state index in [4.69, 9.17) is 10.5 Å². The monoisotopic (exact) mass is 249 g/mol. The number of hydrogen-bond acceptors (Lipinski definition) is 3. The minimum absolute atomic E-state index is 0.332. The summed E-state index contributed by atoms with van der Waals surface area (Å²) >= 11 is 0. The van der Waals surface area contributed by atoms with E-state index in [-0.39, 0.29) is 0 Å². The van der Waals surface area contributed by atoms with Crippen LogP contribution in [0.3, 0.4) is 0 Å². The number of hydrogen-bond donors (Lipinski definition) is 3. The third-order valence-corrected chi connectivity index (χ3v) is 3.02. The molecule has 0 aliphatic heterocycles. The summed E-state index contributed by atoms with van der Waals surface area (Å²) in [6, 6.07) is 7.30. The number of benzene rings is 1. The van der Waals surface area contributed by atoms with Crippen molar-refractivity contribution in [1.29, 1.82) is 0 Å². The smallest absolute Gasteiger partial charge is 0.316 e. The first-order valence-electron chi connectivity index (χ1n) is 6.11. The zero-order valence-electron chi connectivity index (χ0n) is 10.5. The van der Waals surface area contributed by atoms with E-state index < -0.39 is 6.03 Å². The van der Waals surface area contributed by atoms with Crippen molar-refractivity contribution in [2.75, 3.05) is 24.4 Å². The molecule has 0 heterocycles. The van der Waals surface area contributed by atoms with Gasteiger partial charge < -0.3 is 21.1 Å². The van der Waals surface area contributed by atoms with Crippen molar-refractivity contribution in [2.45, 2.75) is 18.9 Å². The van der Waals surface area contributed by atoms with Gasteiger partial charge in [-0.15, -0.1) is 0 Å². The maximum atomic E-state index is 10.8. The third-order valence-electron chi connectivity index (χ3n) is 3.02. The van der Waals surface area contributed by atoms with Crippen molar-refractivity contribution in [3.63, 3.8) is 0 Å². The van der Waals surface area contributed by atoms with Crippen molar-refractivity contribution in [1.82, 2.24) is 0 Å². The average Bonchev–Trinajstić information content (AvgIpc) is 3.12. The molecule has 0 aromatic heterocycles.